The van der Waals surface area contributed by atoms with Gasteiger partial charge in [0.2, 0.25) is 5.91 Å². The van der Waals surface area contributed by atoms with Gasteiger partial charge in [-0.2, -0.15) is 0 Å². The largest absolute Gasteiger partial charge is 0.381 e. The second kappa shape index (κ2) is 8.48. The van der Waals surface area contributed by atoms with Crippen molar-refractivity contribution in [2.24, 2.45) is 5.92 Å². The number of piperidine rings is 1. The second-order valence-electron chi connectivity index (χ2n) is 4.85. The van der Waals surface area contributed by atoms with E-state index in [2.05, 4.69) is 12.2 Å². The zero-order valence-corrected chi connectivity index (χ0v) is 11.2. The molecule has 100 valence electrons. The van der Waals surface area contributed by atoms with Gasteiger partial charge in [0.05, 0.1) is 13.0 Å². The molecule has 1 unspecified atom stereocenters. The molecule has 1 fully saturated rings. The number of nitrogens with zero attached hydrogens (tertiary/aromatic N) is 1. The van der Waals surface area contributed by atoms with Gasteiger partial charge in [-0.15, -0.1) is 0 Å². The molecule has 1 N–H and O–H groups in total. The molecule has 4 heteroatoms. The van der Waals surface area contributed by atoms with Crippen molar-refractivity contribution >= 4 is 5.91 Å². The third-order valence-electron chi connectivity index (χ3n) is 3.17. The fraction of sp³-hybridized carbons (Fsp3) is 0.923. The van der Waals surface area contributed by atoms with Crippen LogP contribution in [0.15, 0.2) is 0 Å². The van der Waals surface area contributed by atoms with Crippen molar-refractivity contribution < 1.29 is 9.53 Å². The highest BCUT2D eigenvalue weighted by atomic mass is 16.5. The molecule has 1 aliphatic heterocycles. The van der Waals surface area contributed by atoms with Crippen LogP contribution in [0, 0.1) is 5.92 Å². The summed E-state index contributed by atoms with van der Waals surface area (Å²) in [6.45, 7) is 6.43. The fourth-order valence-corrected chi connectivity index (χ4v) is 2.17. The first kappa shape index (κ1) is 14.5. The predicted octanol–water partition coefficient (Wildman–Crippen LogP) is 1.26. The molecule has 1 amide bonds. The van der Waals surface area contributed by atoms with E-state index in [0.717, 1.165) is 32.7 Å². The van der Waals surface area contributed by atoms with Crippen molar-refractivity contribution in [2.45, 2.75) is 32.6 Å². The molecule has 1 saturated heterocycles. The van der Waals surface area contributed by atoms with Crippen LogP contribution in [-0.2, 0) is 9.53 Å². The van der Waals surface area contributed by atoms with Crippen LogP contribution in [-0.4, -0.2) is 50.7 Å². The Kier molecular flexibility index (Phi) is 7.21. The van der Waals surface area contributed by atoms with Gasteiger partial charge in [-0.1, -0.05) is 6.92 Å². The first-order chi connectivity index (χ1) is 8.24. The zero-order valence-electron chi connectivity index (χ0n) is 11.2. The van der Waals surface area contributed by atoms with E-state index >= 15 is 0 Å². The van der Waals surface area contributed by atoms with Crippen molar-refractivity contribution in [2.75, 3.05) is 39.9 Å². The number of carbonyl (C=O) groups excluding carboxylic acids is 1. The minimum Gasteiger partial charge on any atom is -0.381 e. The summed E-state index contributed by atoms with van der Waals surface area (Å²) in [6.07, 6.45) is 3.98. The summed E-state index contributed by atoms with van der Waals surface area (Å²) in [6, 6.07) is 0. The van der Waals surface area contributed by atoms with Crippen molar-refractivity contribution in [3.05, 3.63) is 0 Å². The van der Waals surface area contributed by atoms with E-state index in [-0.39, 0.29) is 5.91 Å². The molecule has 0 aromatic heterocycles. The SMILES string of the molecule is CCCOCCC(=O)N(C)CC1CCCNC1. The molecule has 1 atom stereocenters. The Morgan fingerprint density at radius 3 is 2.94 bits per heavy atom. The Morgan fingerprint density at radius 2 is 2.29 bits per heavy atom. The molecule has 0 aromatic rings. The molecule has 0 radical (unpaired) electrons. The van der Waals surface area contributed by atoms with Gasteiger partial charge in [-0.3, -0.25) is 4.79 Å². The van der Waals surface area contributed by atoms with Crippen LogP contribution in [0.25, 0.3) is 0 Å². The van der Waals surface area contributed by atoms with Crippen molar-refractivity contribution in [3.8, 4) is 0 Å². The lowest BCUT2D eigenvalue weighted by Crippen LogP contribution is -2.39. The first-order valence-electron chi connectivity index (χ1n) is 6.76. The molecular formula is C13H26N2O2. The van der Waals surface area contributed by atoms with E-state index in [4.69, 9.17) is 4.74 Å². The maximum atomic E-state index is 11.8. The Balaban J connectivity index is 2.12. The van der Waals surface area contributed by atoms with Crippen LogP contribution in [0.2, 0.25) is 0 Å². The average molecular weight is 242 g/mol. The van der Waals surface area contributed by atoms with E-state index in [9.17, 15) is 4.79 Å². The maximum Gasteiger partial charge on any atom is 0.224 e. The number of ether oxygens (including phenoxy) is 1. The normalized spacial score (nSPS) is 20.2. The minimum absolute atomic E-state index is 0.201. The lowest BCUT2D eigenvalue weighted by Gasteiger charge is -2.27. The average Bonchev–Trinajstić information content (AvgIpc) is 2.35. The van der Waals surface area contributed by atoms with Gasteiger partial charge in [-0.25, -0.2) is 0 Å². The third-order valence-corrected chi connectivity index (χ3v) is 3.17. The van der Waals surface area contributed by atoms with E-state index in [1.807, 2.05) is 11.9 Å². The predicted molar refractivity (Wildman–Crippen MR) is 69.0 cm³/mol. The summed E-state index contributed by atoms with van der Waals surface area (Å²) >= 11 is 0. The van der Waals surface area contributed by atoms with Crippen LogP contribution in [0.1, 0.15) is 32.6 Å². The first-order valence-corrected chi connectivity index (χ1v) is 6.76. The third kappa shape index (κ3) is 6.03. The van der Waals surface area contributed by atoms with Crippen LogP contribution in [0.5, 0.6) is 0 Å². The highest BCUT2D eigenvalue weighted by Gasteiger charge is 2.17. The van der Waals surface area contributed by atoms with Gasteiger partial charge in [-0.05, 0) is 38.3 Å². The molecule has 0 saturated carbocycles. The Morgan fingerprint density at radius 1 is 1.47 bits per heavy atom. The highest BCUT2D eigenvalue weighted by Crippen LogP contribution is 2.11. The van der Waals surface area contributed by atoms with Crippen LogP contribution in [0.4, 0.5) is 0 Å². The second-order valence-corrected chi connectivity index (χ2v) is 4.85. The van der Waals surface area contributed by atoms with Crippen molar-refractivity contribution in [1.82, 2.24) is 10.2 Å². The topological polar surface area (TPSA) is 41.6 Å². The number of nitrogens with one attached hydrogen (secondary N) is 1. The monoisotopic (exact) mass is 242 g/mol. The maximum absolute atomic E-state index is 11.8. The molecule has 4 nitrogen and oxygen atoms in total. The molecular weight excluding hydrogens is 216 g/mol. The fourth-order valence-electron chi connectivity index (χ4n) is 2.17. The zero-order chi connectivity index (χ0) is 12.5. The van der Waals surface area contributed by atoms with Crippen molar-refractivity contribution in [1.29, 1.82) is 0 Å². The number of amides is 1. The summed E-state index contributed by atoms with van der Waals surface area (Å²) in [7, 11) is 1.90. The molecule has 0 aromatic carbocycles. The molecule has 1 aliphatic rings. The van der Waals surface area contributed by atoms with Gasteiger partial charge < -0.3 is 15.0 Å². The van der Waals surface area contributed by atoms with E-state index in [1.165, 1.54) is 12.8 Å². The Labute approximate surface area is 105 Å². The molecule has 1 rings (SSSR count). The Bertz CT molecular complexity index is 215. The Hall–Kier alpha value is -0.610. The lowest BCUT2D eigenvalue weighted by atomic mass is 9.99. The minimum atomic E-state index is 0.201. The smallest absolute Gasteiger partial charge is 0.224 e. The summed E-state index contributed by atoms with van der Waals surface area (Å²) in [5.74, 6) is 0.820. The number of carbonyl (C=O) groups is 1. The molecule has 0 aliphatic carbocycles. The summed E-state index contributed by atoms with van der Waals surface area (Å²) < 4.78 is 5.33. The van der Waals surface area contributed by atoms with E-state index in [1.54, 1.807) is 0 Å². The van der Waals surface area contributed by atoms with E-state index in [0.29, 0.717) is 18.9 Å². The summed E-state index contributed by atoms with van der Waals surface area (Å²) in [4.78, 5) is 13.7. The van der Waals surface area contributed by atoms with Gasteiger partial charge in [0, 0.05) is 20.2 Å². The van der Waals surface area contributed by atoms with Crippen LogP contribution < -0.4 is 5.32 Å². The number of rotatable bonds is 7. The standard InChI is InChI=1S/C13H26N2O2/c1-3-8-17-9-6-13(16)15(2)11-12-5-4-7-14-10-12/h12,14H,3-11H2,1-2H3. The van der Waals surface area contributed by atoms with Gasteiger partial charge in [0.25, 0.3) is 0 Å². The van der Waals surface area contributed by atoms with Crippen molar-refractivity contribution in [3.63, 3.8) is 0 Å². The van der Waals surface area contributed by atoms with Crippen LogP contribution >= 0.6 is 0 Å². The van der Waals surface area contributed by atoms with E-state index < -0.39 is 0 Å². The van der Waals surface area contributed by atoms with Gasteiger partial charge in [0.15, 0.2) is 0 Å². The highest BCUT2D eigenvalue weighted by molar-refractivity contribution is 5.75. The summed E-state index contributed by atoms with van der Waals surface area (Å²) in [5, 5.41) is 3.38. The number of hydrogen-bond acceptors (Lipinski definition) is 3. The molecule has 0 bridgehead atoms. The molecule has 17 heavy (non-hydrogen) atoms. The quantitative estimate of drug-likeness (QED) is 0.683. The summed E-state index contributed by atoms with van der Waals surface area (Å²) in [5.41, 5.74) is 0. The lowest BCUT2D eigenvalue weighted by molar-refractivity contribution is -0.131. The molecule has 1 heterocycles. The van der Waals surface area contributed by atoms with Gasteiger partial charge >= 0.3 is 0 Å². The van der Waals surface area contributed by atoms with Crippen LogP contribution in [0.3, 0.4) is 0 Å². The number of hydrogen-bond donors (Lipinski definition) is 1. The molecule has 0 spiro atoms. The van der Waals surface area contributed by atoms with Gasteiger partial charge in [0.1, 0.15) is 0 Å².